The van der Waals surface area contributed by atoms with Gasteiger partial charge in [0.25, 0.3) is 0 Å². The molecule has 1 heterocycles. The molecule has 0 aromatic heterocycles. The molecule has 1 aliphatic heterocycles. The fourth-order valence-corrected chi connectivity index (χ4v) is 2.28. The van der Waals surface area contributed by atoms with E-state index in [2.05, 4.69) is 44.4 Å². The molecule has 1 aromatic rings. The van der Waals surface area contributed by atoms with Crippen molar-refractivity contribution in [2.45, 2.75) is 13.8 Å². The maximum Gasteiger partial charge on any atom is 0.214 e. The third kappa shape index (κ3) is 2.12. The number of ketones is 1. The van der Waals surface area contributed by atoms with Gasteiger partial charge in [-0.05, 0) is 18.2 Å². The zero-order valence-corrected chi connectivity index (χ0v) is 12.8. The topological polar surface area (TPSA) is 57.4 Å². The van der Waals surface area contributed by atoms with Crippen molar-refractivity contribution in [3.05, 3.63) is 46.2 Å². The highest BCUT2D eigenvalue weighted by Gasteiger charge is 2.36. The summed E-state index contributed by atoms with van der Waals surface area (Å²) in [6.45, 7) is 11.1. The standard InChI is InChI=1S/C12H7BrN4O.C2H6/c1-6-15-11-10(16-17(6)14-2)9-5-7(13)3-4-8(9)12(11)18;1-2/h3-5H,1-2H2;1-2H3. The second-order valence-corrected chi connectivity index (χ2v) is 4.69. The van der Waals surface area contributed by atoms with Crippen LogP contribution in [0.2, 0.25) is 0 Å². The maximum atomic E-state index is 12.2. The minimum absolute atomic E-state index is 0.138. The fourth-order valence-electron chi connectivity index (χ4n) is 1.92. The van der Waals surface area contributed by atoms with Gasteiger partial charge in [-0.1, -0.05) is 36.4 Å². The van der Waals surface area contributed by atoms with E-state index in [1.165, 1.54) is 5.12 Å². The zero-order valence-electron chi connectivity index (χ0n) is 11.2. The quantitative estimate of drug-likeness (QED) is 0.741. The predicted molar refractivity (Wildman–Crippen MR) is 84.3 cm³/mol. The molecule has 0 N–H and O–H groups in total. The van der Waals surface area contributed by atoms with E-state index in [9.17, 15) is 4.79 Å². The number of fused-ring (bicyclic) bond motifs is 3. The molecule has 0 fully saturated rings. The Labute approximate surface area is 125 Å². The van der Waals surface area contributed by atoms with Crippen LogP contribution in [0.25, 0.3) is 0 Å². The molecule has 3 rings (SSSR count). The number of Topliss-reactive ketones (excluding diaryl/α,β-unsaturated/α-hetero) is 1. The predicted octanol–water partition coefficient (Wildman–Crippen LogP) is 3.22. The van der Waals surface area contributed by atoms with Gasteiger partial charge < -0.3 is 0 Å². The Hall–Kier alpha value is -2.08. The van der Waals surface area contributed by atoms with Gasteiger partial charge in [-0.2, -0.15) is 5.10 Å². The molecule has 0 saturated carbocycles. The Kier molecular flexibility index (Phi) is 3.94. The molecule has 6 heteroatoms. The third-order valence-electron chi connectivity index (χ3n) is 2.72. The van der Waals surface area contributed by atoms with Crippen LogP contribution in [0, 0.1) is 0 Å². The van der Waals surface area contributed by atoms with Gasteiger partial charge in [-0.3, -0.25) is 4.79 Å². The number of aliphatic imine (C=N–C) groups is 1. The van der Waals surface area contributed by atoms with E-state index >= 15 is 0 Å². The van der Waals surface area contributed by atoms with Crippen LogP contribution >= 0.6 is 15.9 Å². The third-order valence-corrected chi connectivity index (χ3v) is 3.21. The Morgan fingerprint density at radius 2 is 1.95 bits per heavy atom. The first kappa shape index (κ1) is 14.3. The van der Waals surface area contributed by atoms with Gasteiger partial charge >= 0.3 is 0 Å². The van der Waals surface area contributed by atoms with E-state index in [1.54, 1.807) is 6.07 Å². The summed E-state index contributed by atoms with van der Waals surface area (Å²) in [5, 5.41) is 9.11. The molecular weight excluding hydrogens is 320 g/mol. The van der Waals surface area contributed by atoms with Crippen molar-refractivity contribution in [2.75, 3.05) is 0 Å². The second kappa shape index (κ2) is 5.50. The monoisotopic (exact) mass is 332 g/mol. The second-order valence-electron chi connectivity index (χ2n) is 3.78. The average molecular weight is 333 g/mol. The molecule has 0 atom stereocenters. The SMILES string of the molecule is C=NN1N=C2C(=NC1=C)C(=O)c1ccc(Br)cc12.CC. The molecule has 1 aromatic carbocycles. The maximum absolute atomic E-state index is 12.2. The van der Waals surface area contributed by atoms with Crippen molar-refractivity contribution >= 4 is 39.9 Å². The fraction of sp³-hybridized carbons (Fsp3) is 0.143. The van der Waals surface area contributed by atoms with Gasteiger partial charge in [0, 0.05) is 22.3 Å². The lowest BCUT2D eigenvalue weighted by Gasteiger charge is -2.17. The highest BCUT2D eigenvalue weighted by atomic mass is 79.9. The number of halogens is 1. The molecule has 5 nitrogen and oxygen atoms in total. The van der Waals surface area contributed by atoms with Gasteiger partial charge in [-0.15, -0.1) is 10.2 Å². The molecule has 0 amide bonds. The molecule has 20 heavy (non-hydrogen) atoms. The highest BCUT2D eigenvalue weighted by molar-refractivity contribution is 9.10. The van der Waals surface area contributed by atoms with E-state index in [4.69, 9.17) is 0 Å². The van der Waals surface area contributed by atoms with Gasteiger partial charge in [0.05, 0.1) is 0 Å². The highest BCUT2D eigenvalue weighted by Crippen LogP contribution is 2.28. The number of hydrogen-bond donors (Lipinski definition) is 0. The van der Waals surface area contributed by atoms with Crippen molar-refractivity contribution in [2.24, 2.45) is 15.2 Å². The number of hydrazone groups is 2. The van der Waals surface area contributed by atoms with Crippen molar-refractivity contribution < 1.29 is 4.79 Å². The lowest BCUT2D eigenvalue weighted by Crippen LogP contribution is -2.25. The van der Waals surface area contributed by atoms with Crippen LogP contribution in [-0.2, 0) is 0 Å². The van der Waals surface area contributed by atoms with Gasteiger partial charge in [0.1, 0.15) is 11.4 Å². The molecular formula is C14H13BrN4O. The Morgan fingerprint density at radius 1 is 1.25 bits per heavy atom. The number of hydrogen-bond acceptors (Lipinski definition) is 5. The van der Waals surface area contributed by atoms with Gasteiger partial charge in [0.2, 0.25) is 5.78 Å². The minimum atomic E-state index is -0.138. The van der Waals surface area contributed by atoms with Crippen molar-refractivity contribution in [3.63, 3.8) is 0 Å². The summed E-state index contributed by atoms with van der Waals surface area (Å²) in [5.41, 5.74) is 2.16. The molecule has 0 unspecified atom stereocenters. The van der Waals surface area contributed by atoms with Crippen molar-refractivity contribution in [1.82, 2.24) is 5.12 Å². The molecule has 2 aliphatic rings. The normalized spacial score (nSPS) is 15.7. The average Bonchev–Trinajstić information content (AvgIpc) is 2.72. The number of rotatable bonds is 1. The van der Waals surface area contributed by atoms with Crippen molar-refractivity contribution in [3.8, 4) is 0 Å². The number of benzene rings is 1. The lowest BCUT2D eigenvalue weighted by molar-refractivity contribution is 0.106. The molecule has 0 radical (unpaired) electrons. The first-order valence-electron chi connectivity index (χ1n) is 6.10. The van der Waals surface area contributed by atoms with E-state index in [0.29, 0.717) is 17.0 Å². The molecule has 1 aliphatic carbocycles. The molecule has 0 spiro atoms. The number of nitrogens with zero attached hydrogens (tertiary/aromatic N) is 4. The molecule has 0 bridgehead atoms. The Balaban J connectivity index is 0.000000704. The molecule has 0 saturated heterocycles. The van der Waals surface area contributed by atoms with Crippen LogP contribution in [0.5, 0.6) is 0 Å². The van der Waals surface area contributed by atoms with Crippen molar-refractivity contribution in [1.29, 1.82) is 0 Å². The lowest BCUT2D eigenvalue weighted by atomic mass is 10.1. The van der Waals surface area contributed by atoms with Gasteiger partial charge in [0.15, 0.2) is 5.82 Å². The van der Waals surface area contributed by atoms with E-state index < -0.39 is 0 Å². The summed E-state index contributed by atoms with van der Waals surface area (Å²) in [4.78, 5) is 16.3. The van der Waals surface area contributed by atoms with E-state index in [0.717, 1.165) is 10.0 Å². The summed E-state index contributed by atoms with van der Waals surface area (Å²) < 4.78 is 0.875. The summed E-state index contributed by atoms with van der Waals surface area (Å²) in [6.07, 6.45) is 0. The largest absolute Gasteiger partial charge is 0.287 e. The number of carbonyl (C=O) groups is 1. The van der Waals surface area contributed by atoms with Crippen LogP contribution in [0.3, 0.4) is 0 Å². The molecule has 102 valence electrons. The van der Waals surface area contributed by atoms with E-state index in [1.807, 2.05) is 26.0 Å². The van der Waals surface area contributed by atoms with E-state index in [-0.39, 0.29) is 11.6 Å². The summed E-state index contributed by atoms with van der Waals surface area (Å²) >= 11 is 3.37. The van der Waals surface area contributed by atoms with Crippen LogP contribution in [0.4, 0.5) is 0 Å². The summed E-state index contributed by atoms with van der Waals surface area (Å²) in [7, 11) is 0. The first-order chi connectivity index (χ1) is 9.61. The Bertz CT molecular complexity index is 676. The first-order valence-corrected chi connectivity index (χ1v) is 6.89. The summed E-state index contributed by atoms with van der Waals surface area (Å²) in [5.74, 6) is 0.144. The smallest absolute Gasteiger partial charge is 0.214 e. The van der Waals surface area contributed by atoms with Gasteiger partial charge in [-0.25, -0.2) is 4.99 Å². The van der Waals surface area contributed by atoms with Crippen LogP contribution < -0.4 is 0 Å². The van der Waals surface area contributed by atoms with Crippen LogP contribution in [-0.4, -0.2) is 29.0 Å². The minimum Gasteiger partial charge on any atom is -0.287 e. The van der Waals surface area contributed by atoms with Crippen LogP contribution in [0.1, 0.15) is 29.8 Å². The van der Waals surface area contributed by atoms with Crippen LogP contribution in [0.15, 0.2) is 50.3 Å². The zero-order chi connectivity index (χ0) is 14.9. The number of carbonyl (C=O) groups excluding carboxylic acids is 1. The Morgan fingerprint density at radius 3 is 2.60 bits per heavy atom. The summed E-state index contributed by atoms with van der Waals surface area (Å²) in [6, 6.07) is 5.40.